The number of likely N-dealkylation sites (tertiary alicyclic amines) is 1. The molecule has 10 nitrogen and oxygen atoms in total. The summed E-state index contributed by atoms with van der Waals surface area (Å²) >= 11 is 0. The summed E-state index contributed by atoms with van der Waals surface area (Å²) in [4.78, 5) is 14.2. The van der Waals surface area contributed by atoms with E-state index in [4.69, 9.17) is 10.5 Å². The van der Waals surface area contributed by atoms with E-state index in [0.717, 1.165) is 50.1 Å². The first kappa shape index (κ1) is 31.9. The third kappa shape index (κ3) is 6.77. The van der Waals surface area contributed by atoms with Crippen LogP contribution >= 0.6 is 0 Å². The molecule has 3 heterocycles. The number of carbonyl (C=O) groups is 1. The molecule has 14 heteroatoms. The van der Waals surface area contributed by atoms with Crippen molar-refractivity contribution in [2.45, 2.75) is 50.6 Å². The van der Waals surface area contributed by atoms with Crippen molar-refractivity contribution < 1.29 is 36.2 Å². The summed E-state index contributed by atoms with van der Waals surface area (Å²) in [6, 6.07) is 11.0. The second-order valence-corrected chi connectivity index (χ2v) is 13.4. The largest absolute Gasteiger partial charge is 0.496 e. The molecule has 2 aliphatic heterocycles. The SMILES string of the molecule is COc1ccccc1C1CCN(CC(O)Cn2nc(-c3ccc(C(F)(F)F)c(C(N)=O)c3)c3c2CCN(S(C)(=O)=O)C3)CC1. The number of alkyl halides is 3. The Morgan fingerprint density at radius 3 is 2.48 bits per heavy atom. The molecule has 2 aromatic carbocycles. The standard InChI is InChI=1S/C30H36F3N5O5S/c1-43-27-6-4-3-5-22(27)19-9-12-36(13-10-19)16-21(39)17-38-26-11-14-37(44(2,41)42)18-24(26)28(35-38)20-7-8-25(30(31,32)33)23(15-20)29(34)40/h3-8,15,19,21,39H,9-14,16-18H2,1-2H3,(H2,34,40). The molecule has 1 fully saturated rings. The lowest BCUT2D eigenvalue weighted by Crippen LogP contribution is -2.40. The number of β-amino-alcohol motifs (C(OH)–C–C–N with tert-alkyl or cyclic N) is 1. The Kier molecular flexibility index (Phi) is 9.08. The topological polar surface area (TPSA) is 131 Å². The number of hydrogen-bond donors (Lipinski definition) is 2. The van der Waals surface area contributed by atoms with Gasteiger partial charge in [0.2, 0.25) is 15.9 Å². The summed E-state index contributed by atoms with van der Waals surface area (Å²) in [6.07, 6.45) is -2.39. The summed E-state index contributed by atoms with van der Waals surface area (Å²) in [7, 11) is -1.90. The lowest BCUT2D eigenvalue weighted by molar-refractivity contribution is -0.137. The molecule has 0 radical (unpaired) electrons. The van der Waals surface area contributed by atoms with E-state index in [-0.39, 0.29) is 30.9 Å². The molecule has 0 bridgehead atoms. The molecular formula is C30H36F3N5O5S. The fraction of sp³-hybridized carbons (Fsp3) is 0.467. The quantitative estimate of drug-likeness (QED) is 0.369. The molecule has 1 atom stereocenters. The zero-order chi connectivity index (χ0) is 31.8. The number of aromatic nitrogens is 2. The van der Waals surface area contributed by atoms with E-state index < -0.39 is 39.3 Å². The van der Waals surface area contributed by atoms with Crippen LogP contribution in [0.3, 0.4) is 0 Å². The molecule has 1 aromatic heterocycles. The summed E-state index contributed by atoms with van der Waals surface area (Å²) < 4.78 is 73.7. The number of rotatable bonds is 9. The number of ether oxygens (including phenoxy) is 1. The average molecular weight is 636 g/mol. The molecular weight excluding hydrogens is 599 g/mol. The number of primary amides is 1. The summed E-state index contributed by atoms with van der Waals surface area (Å²) in [6.45, 7) is 2.23. The molecule has 44 heavy (non-hydrogen) atoms. The zero-order valence-corrected chi connectivity index (χ0v) is 25.4. The van der Waals surface area contributed by atoms with Crippen LogP contribution in [0.15, 0.2) is 42.5 Å². The number of sulfonamides is 1. The predicted molar refractivity (Wildman–Crippen MR) is 158 cm³/mol. The first-order valence-corrected chi connectivity index (χ1v) is 16.2. The van der Waals surface area contributed by atoms with E-state index in [9.17, 15) is 31.5 Å². The number of benzene rings is 2. The third-order valence-electron chi connectivity index (χ3n) is 8.45. The van der Waals surface area contributed by atoms with Crippen molar-refractivity contribution in [2.75, 3.05) is 39.5 Å². The van der Waals surface area contributed by atoms with Gasteiger partial charge in [0.1, 0.15) is 5.75 Å². The van der Waals surface area contributed by atoms with Crippen molar-refractivity contribution in [1.82, 2.24) is 19.0 Å². The van der Waals surface area contributed by atoms with Crippen LogP contribution in [0.5, 0.6) is 5.75 Å². The van der Waals surface area contributed by atoms with Gasteiger partial charge in [0.25, 0.3) is 0 Å². The minimum absolute atomic E-state index is 0.0387. The van der Waals surface area contributed by atoms with E-state index in [0.29, 0.717) is 30.1 Å². The minimum atomic E-state index is -4.79. The highest BCUT2D eigenvalue weighted by Gasteiger charge is 2.36. The number of nitrogens with zero attached hydrogens (tertiary/aromatic N) is 4. The molecule has 3 aromatic rings. The molecule has 3 N–H and O–H groups in total. The van der Waals surface area contributed by atoms with Crippen molar-refractivity contribution in [3.8, 4) is 17.0 Å². The van der Waals surface area contributed by atoms with Gasteiger partial charge in [-0.05, 0) is 55.6 Å². The number of fused-ring (bicyclic) bond motifs is 1. The number of methoxy groups -OCH3 is 1. The zero-order valence-electron chi connectivity index (χ0n) is 24.5. The summed E-state index contributed by atoms with van der Waals surface area (Å²) in [5.74, 6) is -0.0159. The first-order chi connectivity index (χ1) is 20.8. The van der Waals surface area contributed by atoms with E-state index in [1.165, 1.54) is 15.9 Å². The number of hydrogen-bond acceptors (Lipinski definition) is 7. The number of carbonyl (C=O) groups excluding carboxylic acids is 1. The number of halogens is 3. The molecule has 0 spiro atoms. The van der Waals surface area contributed by atoms with Gasteiger partial charge in [0, 0.05) is 42.9 Å². The lowest BCUT2D eigenvalue weighted by Gasteiger charge is -2.34. The Morgan fingerprint density at radius 1 is 1.14 bits per heavy atom. The second kappa shape index (κ2) is 12.5. The van der Waals surface area contributed by atoms with Crippen LogP contribution in [0.4, 0.5) is 13.2 Å². The fourth-order valence-electron chi connectivity index (χ4n) is 6.26. The van der Waals surface area contributed by atoms with Gasteiger partial charge in [-0.15, -0.1) is 0 Å². The number of piperidine rings is 1. The van der Waals surface area contributed by atoms with Crippen molar-refractivity contribution in [3.05, 3.63) is 70.4 Å². The van der Waals surface area contributed by atoms with Gasteiger partial charge in [-0.25, -0.2) is 8.42 Å². The highest BCUT2D eigenvalue weighted by atomic mass is 32.2. The van der Waals surface area contributed by atoms with Crippen LogP contribution < -0.4 is 10.5 Å². The van der Waals surface area contributed by atoms with Crippen molar-refractivity contribution in [1.29, 1.82) is 0 Å². The van der Waals surface area contributed by atoms with E-state index in [1.54, 1.807) is 11.8 Å². The maximum Gasteiger partial charge on any atom is 0.417 e. The number of aliphatic hydroxyl groups is 1. The molecule has 1 amide bonds. The highest BCUT2D eigenvalue weighted by Crippen LogP contribution is 2.37. The Labute approximate surface area is 254 Å². The Bertz CT molecular complexity index is 1630. The van der Waals surface area contributed by atoms with Crippen molar-refractivity contribution in [2.24, 2.45) is 5.73 Å². The normalized spacial score (nSPS) is 17.8. The Balaban J connectivity index is 1.37. The number of amides is 1. The van der Waals surface area contributed by atoms with Crippen molar-refractivity contribution >= 4 is 15.9 Å². The van der Waals surface area contributed by atoms with Gasteiger partial charge in [0.15, 0.2) is 0 Å². The second-order valence-electron chi connectivity index (χ2n) is 11.4. The smallest absolute Gasteiger partial charge is 0.417 e. The van der Waals surface area contributed by atoms with Crippen molar-refractivity contribution in [3.63, 3.8) is 0 Å². The molecule has 238 valence electrons. The monoisotopic (exact) mass is 635 g/mol. The third-order valence-corrected chi connectivity index (χ3v) is 9.70. The van der Waals surface area contributed by atoms with Gasteiger partial charge >= 0.3 is 6.18 Å². The van der Waals surface area contributed by atoms with Crippen LogP contribution in [-0.4, -0.2) is 84.1 Å². The van der Waals surface area contributed by atoms with E-state index >= 15 is 0 Å². The van der Waals surface area contributed by atoms with E-state index in [1.807, 2.05) is 18.2 Å². The van der Waals surface area contributed by atoms with Gasteiger partial charge in [-0.2, -0.15) is 22.6 Å². The van der Waals surface area contributed by atoms with Crippen LogP contribution in [0, 0.1) is 0 Å². The molecule has 2 aliphatic rings. The Morgan fingerprint density at radius 2 is 1.84 bits per heavy atom. The number of para-hydroxylation sites is 1. The number of aliphatic hydroxyl groups excluding tert-OH is 1. The van der Waals surface area contributed by atoms with Crippen LogP contribution in [-0.2, 0) is 35.7 Å². The molecule has 0 aliphatic carbocycles. The maximum atomic E-state index is 13.5. The lowest BCUT2D eigenvalue weighted by atomic mass is 9.88. The minimum Gasteiger partial charge on any atom is -0.496 e. The summed E-state index contributed by atoms with van der Waals surface area (Å²) in [5, 5.41) is 15.8. The first-order valence-electron chi connectivity index (χ1n) is 14.3. The van der Waals surface area contributed by atoms with Crippen LogP contribution in [0.2, 0.25) is 0 Å². The molecule has 0 saturated carbocycles. The van der Waals surface area contributed by atoms with Crippen LogP contribution in [0.1, 0.15) is 51.5 Å². The number of nitrogens with two attached hydrogens (primary N) is 1. The van der Waals surface area contributed by atoms with Gasteiger partial charge in [-0.1, -0.05) is 24.3 Å². The van der Waals surface area contributed by atoms with E-state index in [2.05, 4.69) is 16.1 Å². The fourth-order valence-corrected chi connectivity index (χ4v) is 7.05. The molecule has 1 unspecified atom stereocenters. The predicted octanol–water partition coefficient (Wildman–Crippen LogP) is 3.23. The maximum absolute atomic E-state index is 13.5. The Hall–Kier alpha value is -3.46. The average Bonchev–Trinajstić information content (AvgIpc) is 3.33. The molecule has 5 rings (SSSR count). The molecule has 1 saturated heterocycles. The van der Waals surface area contributed by atoms with Gasteiger partial charge in [0.05, 0.1) is 42.8 Å². The van der Waals surface area contributed by atoms with Gasteiger partial charge < -0.3 is 20.5 Å². The summed E-state index contributed by atoms with van der Waals surface area (Å²) in [5.41, 5.74) is 6.26. The highest BCUT2D eigenvalue weighted by molar-refractivity contribution is 7.88. The van der Waals surface area contributed by atoms with Crippen LogP contribution in [0.25, 0.3) is 11.3 Å². The van der Waals surface area contributed by atoms with Gasteiger partial charge in [-0.3, -0.25) is 9.48 Å².